The molecule has 1 unspecified atom stereocenters. The molecule has 1 aromatic carbocycles. The van der Waals surface area contributed by atoms with Crippen molar-refractivity contribution in [3.05, 3.63) is 44.3 Å². The molecule has 0 radical (unpaired) electrons. The molecule has 148 valence electrons. The number of guanidine groups is 1. The van der Waals surface area contributed by atoms with E-state index in [4.69, 9.17) is 32.7 Å². The standard InChI is InChI=1S/C18H24Cl2N4O2S/c1-12(25-4)17-23-13(11-27-17)10-24(3)18(21-2)22-8-9-26-15-7-5-6-14(19)16(15)20/h5-7,11-12H,8-10H2,1-4H3,(H,21,22). The number of nitrogens with zero attached hydrogens (tertiary/aromatic N) is 3. The highest BCUT2D eigenvalue weighted by Crippen LogP contribution is 2.31. The van der Waals surface area contributed by atoms with E-state index < -0.39 is 0 Å². The topological polar surface area (TPSA) is 59.0 Å². The zero-order valence-electron chi connectivity index (χ0n) is 15.8. The van der Waals surface area contributed by atoms with Crippen LogP contribution < -0.4 is 10.1 Å². The molecule has 0 aliphatic carbocycles. The molecule has 0 saturated carbocycles. The smallest absolute Gasteiger partial charge is 0.193 e. The van der Waals surface area contributed by atoms with Gasteiger partial charge in [-0.2, -0.15) is 0 Å². The Balaban J connectivity index is 1.82. The van der Waals surface area contributed by atoms with E-state index in [1.54, 1.807) is 43.7 Å². The second kappa shape index (κ2) is 10.7. The van der Waals surface area contributed by atoms with Crippen LogP contribution in [0.25, 0.3) is 0 Å². The Hall–Kier alpha value is -1.54. The first kappa shape index (κ1) is 21.8. The monoisotopic (exact) mass is 430 g/mol. The highest BCUT2D eigenvalue weighted by atomic mass is 35.5. The van der Waals surface area contributed by atoms with E-state index in [1.165, 1.54) is 0 Å². The lowest BCUT2D eigenvalue weighted by atomic mass is 10.3. The lowest BCUT2D eigenvalue weighted by Crippen LogP contribution is -2.40. The van der Waals surface area contributed by atoms with E-state index in [2.05, 4.69) is 15.3 Å². The maximum atomic E-state index is 6.11. The molecule has 1 heterocycles. The minimum absolute atomic E-state index is 0.00181. The van der Waals surface area contributed by atoms with E-state index in [-0.39, 0.29) is 6.10 Å². The van der Waals surface area contributed by atoms with Gasteiger partial charge in [-0.05, 0) is 19.1 Å². The summed E-state index contributed by atoms with van der Waals surface area (Å²) in [5.41, 5.74) is 0.978. The van der Waals surface area contributed by atoms with Crippen LogP contribution in [0.4, 0.5) is 0 Å². The summed E-state index contributed by atoms with van der Waals surface area (Å²) in [5, 5.41) is 7.17. The molecule has 2 rings (SSSR count). The summed E-state index contributed by atoms with van der Waals surface area (Å²) in [5.74, 6) is 1.32. The van der Waals surface area contributed by atoms with Crippen molar-refractivity contribution < 1.29 is 9.47 Å². The van der Waals surface area contributed by atoms with Crippen LogP contribution in [0.2, 0.25) is 10.0 Å². The second-order valence-corrected chi connectivity index (χ2v) is 7.46. The van der Waals surface area contributed by atoms with Gasteiger partial charge >= 0.3 is 0 Å². The van der Waals surface area contributed by atoms with Gasteiger partial charge in [-0.1, -0.05) is 29.3 Å². The van der Waals surface area contributed by atoms with Crippen LogP contribution in [0.15, 0.2) is 28.6 Å². The summed E-state index contributed by atoms with van der Waals surface area (Å²) in [6.45, 7) is 3.63. The highest BCUT2D eigenvalue weighted by molar-refractivity contribution is 7.09. The van der Waals surface area contributed by atoms with Gasteiger partial charge in [-0.15, -0.1) is 11.3 Å². The van der Waals surface area contributed by atoms with E-state index in [1.807, 2.05) is 24.3 Å². The Morgan fingerprint density at radius 2 is 2.19 bits per heavy atom. The number of aromatic nitrogens is 1. The molecule has 0 aliphatic heterocycles. The summed E-state index contributed by atoms with van der Waals surface area (Å²) in [7, 11) is 5.39. The molecule has 27 heavy (non-hydrogen) atoms. The van der Waals surface area contributed by atoms with E-state index >= 15 is 0 Å². The van der Waals surface area contributed by atoms with Gasteiger partial charge in [-0.3, -0.25) is 4.99 Å². The van der Waals surface area contributed by atoms with Crippen LogP contribution in [-0.2, 0) is 11.3 Å². The molecule has 0 bridgehead atoms. The third-order valence-electron chi connectivity index (χ3n) is 3.80. The molecule has 0 aliphatic rings. The molecule has 2 aromatic rings. The number of benzene rings is 1. The normalized spacial score (nSPS) is 12.7. The highest BCUT2D eigenvalue weighted by Gasteiger charge is 2.12. The van der Waals surface area contributed by atoms with Crippen molar-refractivity contribution >= 4 is 40.5 Å². The summed E-state index contributed by atoms with van der Waals surface area (Å²) < 4.78 is 11.0. The van der Waals surface area contributed by atoms with E-state index in [0.717, 1.165) is 16.7 Å². The third-order valence-corrected chi connectivity index (χ3v) is 5.66. The summed E-state index contributed by atoms with van der Waals surface area (Å²) in [4.78, 5) is 10.9. The molecule has 1 aromatic heterocycles. The van der Waals surface area contributed by atoms with Crippen molar-refractivity contribution in [3.63, 3.8) is 0 Å². The molecule has 1 atom stereocenters. The van der Waals surface area contributed by atoms with Gasteiger partial charge in [0, 0.05) is 26.6 Å². The first-order chi connectivity index (χ1) is 13.0. The van der Waals surface area contributed by atoms with Gasteiger partial charge in [0.15, 0.2) is 5.96 Å². The predicted molar refractivity (Wildman–Crippen MR) is 112 cm³/mol. The first-order valence-electron chi connectivity index (χ1n) is 8.42. The quantitative estimate of drug-likeness (QED) is 0.385. The zero-order chi connectivity index (χ0) is 19.8. The predicted octanol–water partition coefficient (Wildman–Crippen LogP) is 4.24. The molecule has 1 N–H and O–H groups in total. The van der Waals surface area contributed by atoms with E-state index in [9.17, 15) is 0 Å². The molecule has 0 fully saturated rings. The van der Waals surface area contributed by atoms with Crippen molar-refractivity contribution in [1.82, 2.24) is 15.2 Å². The molecule has 0 spiro atoms. The number of halogens is 2. The molecule has 6 nitrogen and oxygen atoms in total. The molecule has 0 saturated heterocycles. The Morgan fingerprint density at radius 1 is 1.41 bits per heavy atom. The van der Waals surface area contributed by atoms with Gasteiger partial charge in [0.1, 0.15) is 28.5 Å². The fourth-order valence-corrected chi connectivity index (χ4v) is 3.49. The number of ether oxygens (including phenoxy) is 2. The Kier molecular flexibility index (Phi) is 8.63. The van der Waals surface area contributed by atoms with Crippen LogP contribution in [0, 0.1) is 0 Å². The summed E-state index contributed by atoms with van der Waals surface area (Å²) in [6, 6.07) is 5.31. The summed E-state index contributed by atoms with van der Waals surface area (Å²) in [6.07, 6.45) is 0.00181. The van der Waals surface area contributed by atoms with E-state index in [0.29, 0.717) is 35.5 Å². The average Bonchev–Trinajstić information content (AvgIpc) is 3.12. The minimum Gasteiger partial charge on any atom is -0.490 e. The molecular formula is C18H24Cl2N4O2S. The van der Waals surface area contributed by atoms with Crippen LogP contribution in [0.5, 0.6) is 5.75 Å². The number of aliphatic imine (C=N–C) groups is 1. The van der Waals surface area contributed by atoms with Crippen molar-refractivity contribution in [3.8, 4) is 5.75 Å². The van der Waals surface area contributed by atoms with Crippen molar-refractivity contribution in [2.45, 2.75) is 19.6 Å². The molecular weight excluding hydrogens is 407 g/mol. The van der Waals surface area contributed by atoms with Crippen molar-refractivity contribution in [2.75, 3.05) is 34.4 Å². The lowest BCUT2D eigenvalue weighted by molar-refractivity contribution is 0.119. The van der Waals surface area contributed by atoms with Crippen LogP contribution in [0.1, 0.15) is 23.7 Å². The number of hydrogen-bond donors (Lipinski definition) is 1. The Morgan fingerprint density at radius 3 is 2.89 bits per heavy atom. The fourth-order valence-electron chi connectivity index (χ4n) is 2.30. The third kappa shape index (κ3) is 6.24. The zero-order valence-corrected chi connectivity index (χ0v) is 18.2. The number of methoxy groups -OCH3 is 1. The Labute approximate surface area is 174 Å². The van der Waals surface area contributed by atoms with Crippen molar-refractivity contribution in [1.29, 1.82) is 0 Å². The SMILES string of the molecule is CN=C(NCCOc1cccc(Cl)c1Cl)N(C)Cc1csc(C(C)OC)n1. The molecule has 0 amide bonds. The second-order valence-electron chi connectivity index (χ2n) is 5.79. The van der Waals surface area contributed by atoms with Crippen LogP contribution in [-0.4, -0.2) is 50.2 Å². The van der Waals surface area contributed by atoms with Gasteiger partial charge in [0.25, 0.3) is 0 Å². The van der Waals surface area contributed by atoms with Gasteiger partial charge in [-0.25, -0.2) is 4.98 Å². The number of nitrogens with one attached hydrogen (secondary N) is 1. The number of thiazole rings is 1. The van der Waals surface area contributed by atoms with Gasteiger partial charge in [0.2, 0.25) is 0 Å². The minimum atomic E-state index is 0.00181. The number of hydrogen-bond acceptors (Lipinski definition) is 5. The maximum absolute atomic E-state index is 6.11. The average molecular weight is 431 g/mol. The van der Waals surface area contributed by atoms with Gasteiger partial charge < -0.3 is 19.7 Å². The van der Waals surface area contributed by atoms with Crippen LogP contribution in [0.3, 0.4) is 0 Å². The van der Waals surface area contributed by atoms with Crippen molar-refractivity contribution in [2.24, 2.45) is 4.99 Å². The number of rotatable bonds is 8. The first-order valence-corrected chi connectivity index (χ1v) is 10.1. The van der Waals surface area contributed by atoms with Crippen LogP contribution >= 0.6 is 34.5 Å². The molecule has 9 heteroatoms. The summed E-state index contributed by atoms with van der Waals surface area (Å²) >= 11 is 13.7. The largest absolute Gasteiger partial charge is 0.490 e. The maximum Gasteiger partial charge on any atom is 0.193 e. The Bertz CT molecular complexity index is 770. The van der Waals surface area contributed by atoms with Gasteiger partial charge in [0.05, 0.1) is 23.8 Å². The lowest BCUT2D eigenvalue weighted by Gasteiger charge is -2.21. The fraction of sp³-hybridized carbons (Fsp3) is 0.444.